The maximum atomic E-state index is 7.91. The molecule has 1 aliphatic heterocycles. The van der Waals surface area contributed by atoms with Crippen LogP contribution in [0.3, 0.4) is 0 Å². The number of fused-ring (bicyclic) bond motifs is 1. The molecular formula is C17H18BrN3. The zero-order valence-electron chi connectivity index (χ0n) is 11.9. The molecule has 0 saturated heterocycles. The largest absolute Gasteiger partial charge is 0.384 e. The first kappa shape index (κ1) is 14.1. The summed E-state index contributed by atoms with van der Waals surface area (Å²) in [6.07, 6.45) is 2.19. The number of rotatable bonds is 2. The lowest BCUT2D eigenvalue weighted by Crippen LogP contribution is -2.34. The maximum Gasteiger partial charge on any atom is 0.126 e. The molecule has 0 aromatic heterocycles. The Labute approximate surface area is 133 Å². The number of halogens is 1. The van der Waals surface area contributed by atoms with Crippen molar-refractivity contribution in [3.63, 3.8) is 0 Å². The van der Waals surface area contributed by atoms with Gasteiger partial charge in [-0.15, -0.1) is 0 Å². The van der Waals surface area contributed by atoms with E-state index in [2.05, 4.69) is 52.0 Å². The zero-order valence-corrected chi connectivity index (χ0v) is 13.5. The second kappa shape index (κ2) is 5.53. The quantitative estimate of drug-likeness (QED) is 0.633. The molecule has 4 heteroatoms. The van der Waals surface area contributed by atoms with Crippen LogP contribution in [0.5, 0.6) is 0 Å². The molecule has 3 nitrogen and oxygen atoms in total. The summed E-state index contributed by atoms with van der Waals surface area (Å²) in [5, 5.41) is 7.91. The third kappa shape index (κ3) is 2.44. The molecule has 0 aliphatic carbocycles. The summed E-state index contributed by atoms with van der Waals surface area (Å²) in [4.78, 5) is 2.31. The molecule has 3 N–H and O–H groups in total. The molecule has 0 spiro atoms. The van der Waals surface area contributed by atoms with E-state index in [9.17, 15) is 0 Å². The van der Waals surface area contributed by atoms with Gasteiger partial charge in [0.2, 0.25) is 0 Å². The smallest absolute Gasteiger partial charge is 0.126 e. The highest BCUT2D eigenvalue weighted by atomic mass is 79.9. The van der Waals surface area contributed by atoms with Crippen LogP contribution in [0.25, 0.3) is 0 Å². The fraction of sp³-hybridized carbons (Fsp3) is 0.235. The number of hydrogen-bond donors (Lipinski definition) is 2. The van der Waals surface area contributed by atoms with E-state index in [0.717, 1.165) is 28.6 Å². The van der Waals surface area contributed by atoms with Gasteiger partial charge in [-0.2, -0.15) is 0 Å². The van der Waals surface area contributed by atoms with Crippen molar-refractivity contribution >= 4 is 33.1 Å². The molecule has 1 atom stereocenters. The molecule has 108 valence electrons. The molecule has 21 heavy (non-hydrogen) atoms. The van der Waals surface area contributed by atoms with Crippen molar-refractivity contribution in [2.45, 2.75) is 25.8 Å². The van der Waals surface area contributed by atoms with Crippen molar-refractivity contribution in [2.24, 2.45) is 5.73 Å². The summed E-state index contributed by atoms with van der Waals surface area (Å²) >= 11 is 3.53. The first-order chi connectivity index (χ1) is 10.1. The lowest BCUT2D eigenvalue weighted by atomic mass is 9.95. The minimum atomic E-state index is 0.0905. The van der Waals surface area contributed by atoms with Crippen LogP contribution < -0.4 is 10.6 Å². The summed E-state index contributed by atoms with van der Waals surface area (Å²) in [5.74, 6) is 0.0905. The number of benzene rings is 2. The average Bonchev–Trinajstić information content (AvgIpc) is 2.46. The molecule has 0 fully saturated rings. The van der Waals surface area contributed by atoms with Gasteiger partial charge in [0.25, 0.3) is 0 Å². The number of anilines is 2. The van der Waals surface area contributed by atoms with Gasteiger partial charge in [0.05, 0.1) is 11.3 Å². The highest BCUT2D eigenvalue weighted by Crippen LogP contribution is 2.39. The number of nitrogens with zero attached hydrogens (tertiary/aromatic N) is 1. The van der Waals surface area contributed by atoms with Gasteiger partial charge in [0.15, 0.2) is 0 Å². The summed E-state index contributed by atoms with van der Waals surface area (Å²) in [5.41, 5.74) is 10.1. The number of hydrogen-bond acceptors (Lipinski definition) is 2. The Morgan fingerprint density at radius 3 is 2.67 bits per heavy atom. The van der Waals surface area contributed by atoms with Crippen molar-refractivity contribution in [3.8, 4) is 0 Å². The van der Waals surface area contributed by atoms with Crippen LogP contribution in [0.4, 0.5) is 11.4 Å². The van der Waals surface area contributed by atoms with E-state index in [1.807, 2.05) is 18.2 Å². The Balaban J connectivity index is 2.21. The van der Waals surface area contributed by atoms with Gasteiger partial charge in [-0.05, 0) is 59.5 Å². The molecule has 1 heterocycles. The minimum absolute atomic E-state index is 0.0905. The number of nitrogens with two attached hydrogens (primary N) is 1. The molecule has 0 amide bonds. The summed E-state index contributed by atoms with van der Waals surface area (Å²) in [6.45, 7) is 2.22. The molecule has 0 bridgehead atoms. The Morgan fingerprint density at radius 2 is 1.90 bits per heavy atom. The van der Waals surface area contributed by atoms with E-state index >= 15 is 0 Å². The fourth-order valence-corrected chi connectivity index (χ4v) is 3.60. The summed E-state index contributed by atoms with van der Waals surface area (Å²) in [6, 6.07) is 14.8. The van der Waals surface area contributed by atoms with E-state index in [1.165, 1.54) is 11.3 Å². The highest BCUT2D eigenvalue weighted by molar-refractivity contribution is 9.10. The van der Waals surface area contributed by atoms with Crippen molar-refractivity contribution in [3.05, 3.63) is 58.1 Å². The lowest BCUT2D eigenvalue weighted by Gasteiger charge is -2.38. The minimum Gasteiger partial charge on any atom is -0.384 e. The summed E-state index contributed by atoms with van der Waals surface area (Å²) < 4.78 is 0.864. The molecule has 3 rings (SSSR count). The second-order valence-corrected chi connectivity index (χ2v) is 6.29. The first-order valence-corrected chi connectivity index (χ1v) is 7.89. The summed E-state index contributed by atoms with van der Waals surface area (Å²) in [7, 11) is 0. The molecule has 1 aliphatic rings. The predicted octanol–water partition coefficient (Wildman–Crippen LogP) is 4.21. The van der Waals surface area contributed by atoms with Crippen molar-refractivity contribution in [2.75, 3.05) is 4.90 Å². The number of nitrogens with one attached hydrogen (secondary N) is 1. The molecule has 0 saturated carbocycles. The predicted molar refractivity (Wildman–Crippen MR) is 91.5 cm³/mol. The van der Waals surface area contributed by atoms with Crippen LogP contribution in [-0.4, -0.2) is 11.9 Å². The van der Waals surface area contributed by atoms with Crippen LogP contribution in [0.15, 0.2) is 46.9 Å². The maximum absolute atomic E-state index is 7.91. The SMILES string of the molecule is CC1CCc2ccccc2N1c1cccc(Br)c1C(=N)N. The van der Waals surface area contributed by atoms with Crippen molar-refractivity contribution < 1.29 is 0 Å². The van der Waals surface area contributed by atoms with Gasteiger partial charge in [0.1, 0.15) is 5.84 Å². The standard InChI is InChI=1S/C17H18BrN3/c1-11-9-10-12-5-2-3-7-14(12)21(11)15-8-4-6-13(18)16(15)17(19)20/h2-8,11H,9-10H2,1H3,(H3,19,20). The van der Waals surface area contributed by atoms with E-state index in [0.29, 0.717) is 6.04 Å². The van der Waals surface area contributed by atoms with Gasteiger partial charge in [0, 0.05) is 16.2 Å². The normalized spacial score (nSPS) is 17.4. The van der Waals surface area contributed by atoms with E-state index in [4.69, 9.17) is 11.1 Å². The topological polar surface area (TPSA) is 53.1 Å². The molecule has 2 aromatic carbocycles. The first-order valence-electron chi connectivity index (χ1n) is 7.09. The van der Waals surface area contributed by atoms with Gasteiger partial charge in [-0.1, -0.05) is 24.3 Å². The Morgan fingerprint density at radius 1 is 1.19 bits per heavy atom. The van der Waals surface area contributed by atoms with Crippen LogP contribution in [0.2, 0.25) is 0 Å². The van der Waals surface area contributed by atoms with Gasteiger partial charge < -0.3 is 10.6 Å². The third-order valence-electron chi connectivity index (χ3n) is 4.04. The Hall–Kier alpha value is -1.81. The van der Waals surface area contributed by atoms with E-state index < -0.39 is 0 Å². The highest BCUT2D eigenvalue weighted by Gasteiger charge is 2.26. The van der Waals surface area contributed by atoms with Gasteiger partial charge in [-0.25, -0.2) is 0 Å². The van der Waals surface area contributed by atoms with Gasteiger partial charge in [-0.3, -0.25) is 5.41 Å². The molecule has 2 aromatic rings. The fourth-order valence-electron chi connectivity index (χ4n) is 3.04. The lowest BCUT2D eigenvalue weighted by molar-refractivity contribution is 0.618. The van der Waals surface area contributed by atoms with Crippen molar-refractivity contribution in [1.29, 1.82) is 5.41 Å². The van der Waals surface area contributed by atoms with E-state index in [1.54, 1.807) is 0 Å². The van der Waals surface area contributed by atoms with Crippen LogP contribution in [-0.2, 0) is 6.42 Å². The molecular weight excluding hydrogens is 326 g/mol. The van der Waals surface area contributed by atoms with Gasteiger partial charge >= 0.3 is 0 Å². The van der Waals surface area contributed by atoms with Crippen LogP contribution >= 0.6 is 15.9 Å². The van der Waals surface area contributed by atoms with E-state index in [-0.39, 0.29) is 5.84 Å². The number of nitrogen functional groups attached to an aromatic ring is 1. The number of amidine groups is 1. The Kier molecular flexibility index (Phi) is 3.72. The molecule has 0 radical (unpaired) electrons. The average molecular weight is 344 g/mol. The van der Waals surface area contributed by atoms with Crippen LogP contribution in [0.1, 0.15) is 24.5 Å². The second-order valence-electron chi connectivity index (χ2n) is 5.43. The zero-order chi connectivity index (χ0) is 15.0. The monoisotopic (exact) mass is 343 g/mol. The number of para-hydroxylation sites is 1. The Bertz CT molecular complexity index is 696. The van der Waals surface area contributed by atoms with Crippen LogP contribution in [0, 0.1) is 5.41 Å². The third-order valence-corrected chi connectivity index (χ3v) is 4.70. The number of aryl methyl sites for hydroxylation is 1. The molecule has 1 unspecified atom stereocenters. The van der Waals surface area contributed by atoms with Crippen molar-refractivity contribution in [1.82, 2.24) is 0 Å².